The van der Waals surface area contributed by atoms with Gasteiger partial charge in [-0.1, -0.05) is 297 Å². The fourth-order valence-electron chi connectivity index (χ4n) is 9.63. The normalized spacial score (nSPS) is 12.5. The van der Waals surface area contributed by atoms with E-state index in [2.05, 4.69) is 95.3 Å². The number of rotatable bonds is 53. The number of unbranched alkanes of at least 4 members (excludes halogenated alkanes) is 32. The molecule has 0 bridgehead atoms. The Hall–Kier alpha value is -1.61. The molecule has 0 aliphatic rings. The molecule has 2 atom stereocenters. The van der Waals surface area contributed by atoms with Crippen LogP contribution in [0, 0.1) is 11.8 Å². The first-order valence-corrected chi connectivity index (χ1v) is 31.3. The predicted molar refractivity (Wildman–Crippen MR) is 329 cm³/mol. The van der Waals surface area contributed by atoms with Gasteiger partial charge in [0.25, 0.3) is 0 Å². The lowest BCUT2D eigenvalue weighted by molar-refractivity contribution is -0.129. The minimum Gasteiger partial charge on any atom is -0.349 e. The average Bonchev–Trinajstić information content (AvgIpc) is 3.34. The van der Waals surface area contributed by atoms with Crippen LogP contribution in [0.25, 0.3) is 0 Å². The van der Waals surface area contributed by atoms with E-state index in [-0.39, 0.29) is 14.9 Å². The first-order valence-electron chi connectivity index (χ1n) is 31.3. The van der Waals surface area contributed by atoms with E-state index in [9.17, 15) is 4.79 Å². The van der Waals surface area contributed by atoms with Crippen molar-refractivity contribution in [2.45, 2.75) is 338 Å². The first kappa shape index (κ1) is 75.9. The molecule has 0 rings (SSSR count). The van der Waals surface area contributed by atoms with Crippen molar-refractivity contribution in [2.24, 2.45) is 11.8 Å². The van der Waals surface area contributed by atoms with Crippen LogP contribution in [-0.4, -0.2) is 50.4 Å². The Bertz CT molecular complexity index is 1090. The molecule has 0 saturated carbocycles. The molecular formula is C68H136N2O. The van der Waals surface area contributed by atoms with Crippen molar-refractivity contribution in [1.29, 1.82) is 0 Å². The van der Waals surface area contributed by atoms with E-state index < -0.39 is 0 Å². The van der Waals surface area contributed by atoms with Crippen LogP contribution in [0.4, 0.5) is 0 Å². The van der Waals surface area contributed by atoms with Crippen LogP contribution < -0.4 is 0 Å². The molecule has 71 heavy (non-hydrogen) atoms. The molecule has 0 radical (unpaired) electrons. The van der Waals surface area contributed by atoms with Crippen LogP contribution in [0.2, 0.25) is 0 Å². The third-order valence-electron chi connectivity index (χ3n) is 14.5. The van der Waals surface area contributed by atoms with E-state index in [0.29, 0.717) is 11.8 Å². The minimum atomic E-state index is 0. The first-order chi connectivity index (χ1) is 33.8. The molecule has 0 aromatic rings. The topological polar surface area (TPSA) is 23.6 Å². The molecular weight excluding hydrogens is 861 g/mol. The quantitative estimate of drug-likeness (QED) is 0.0448. The Labute approximate surface area is 451 Å². The fraction of sp³-hybridized carbons (Fsp3) is 0.868. The van der Waals surface area contributed by atoms with E-state index in [1.165, 1.54) is 283 Å². The molecule has 2 unspecified atom stereocenters. The Kier molecular flexibility index (Phi) is 71.0. The summed E-state index contributed by atoms with van der Waals surface area (Å²) >= 11 is 0. The summed E-state index contributed by atoms with van der Waals surface area (Å²) in [6.45, 7) is 10.4. The number of hydrogen-bond acceptors (Lipinski definition) is 2. The average molecular weight is 998 g/mol. The zero-order chi connectivity index (χ0) is 50.8. The maximum Gasteiger partial charge on any atom is 0.222 e. The molecule has 3 nitrogen and oxygen atoms in total. The summed E-state index contributed by atoms with van der Waals surface area (Å²) in [5.74, 6) is 1.88. The maximum atomic E-state index is 12.3. The number of hydrogen-bond donors (Lipinski definition) is 0. The second kappa shape index (κ2) is 66.4. The van der Waals surface area contributed by atoms with Gasteiger partial charge in [0.2, 0.25) is 5.91 Å². The molecule has 1 amide bonds. The Balaban J connectivity index is -0.000000615. The highest BCUT2D eigenvalue weighted by Gasteiger charge is 2.15. The molecule has 0 N–H and O–H groups in total. The highest BCUT2D eigenvalue weighted by atomic mass is 16.2. The number of nitrogens with zero attached hydrogens (tertiary/aromatic N) is 2. The highest BCUT2D eigenvalue weighted by molar-refractivity contribution is 5.75. The third-order valence-corrected chi connectivity index (χ3v) is 14.5. The summed E-state index contributed by atoms with van der Waals surface area (Å²) in [5, 5.41) is 0. The maximum absolute atomic E-state index is 12.3. The zero-order valence-corrected chi connectivity index (χ0v) is 48.8. The molecule has 0 spiro atoms. The Morgan fingerprint density at radius 3 is 0.873 bits per heavy atom. The summed E-state index contributed by atoms with van der Waals surface area (Å²) in [6.07, 6.45) is 80.9. The van der Waals surface area contributed by atoms with Crippen molar-refractivity contribution in [1.82, 2.24) is 9.80 Å². The molecule has 0 heterocycles. The standard InChI is InChI=1S/C33H63NO.C33H65N.2CH4/c1-5-7-9-11-13-14-15-16-17-18-19-20-21-22-24-26-28-30-32(31-33(35)34(3)4)29-27-25-23-12-10-8-6-2;1-5-7-9-11-13-14-15-16-17-18-19-20-21-22-24-26-28-30-33(31-32-34(3)4)29-27-25-23-12-10-8-6-2;;/h13-14,16-17,32H,5-12,15,18-31H2,1-4H3;13-14,16-17,33H,5-12,15,18-32H2,1-4H3;2*1H4/b2*14-13-,17-16-;;. The van der Waals surface area contributed by atoms with Gasteiger partial charge < -0.3 is 9.80 Å². The van der Waals surface area contributed by atoms with Crippen molar-refractivity contribution >= 4 is 5.91 Å². The molecule has 0 aliphatic heterocycles. The van der Waals surface area contributed by atoms with Crippen molar-refractivity contribution in [3.05, 3.63) is 48.6 Å². The zero-order valence-electron chi connectivity index (χ0n) is 48.8. The van der Waals surface area contributed by atoms with Crippen molar-refractivity contribution < 1.29 is 4.79 Å². The van der Waals surface area contributed by atoms with Gasteiger partial charge in [-0.2, -0.15) is 0 Å². The van der Waals surface area contributed by atoms with Crippen LogP contribution in [0.3, 0.4) is 0 Å². The summed E-state index contributed by atoms with van der Waals surface area (Å²) in [4.78, 5) is 16.4. The lowest BCUT2D eigenvalue weighted by Crippen LogP contribution is -2.24. The van der Waals surface area contributed by atoms with Crippen molar-refractivity contribution in [2.75, 3.05) is 34.7 Å². The third kappa shape index (κ3) is 66.4. The van der Waals surface area contributed by atoms with Crippen LogP contribution in [-0.2, 0) is 4.79 Å². The Morgan fingerprint density at radius 2 is 0.577 bits per heavy atom. The highest BCUT2D eigenvalue weighted by Crippen LogP contribution is 2.24. The van der Waals surface area contributed by atoms with Gasteiger partial charge in [0.1, 0.15) is 0 Å². The van der Waals surface area contributed by atoms with Gasteiger partial charge in [-0.25, -0.2) is 0 Å². The van der Waals surface area contributed by atoms with Gasteiger partial charge in [-0.3, -0.25) is 4.79 Å². The summed E-state index contributed by atoms with van der Waals surface area (Å²) in [5.41, 5.74) is 0. The van der Waals surface area contributed by atoms with Gasteiger partial charge in [0, 0.05) is 20.5 Å². The second-order valence-corrected chi connectivity index (χ2v) is 22.1. The second-order valence-electron chi connectivity index (χ2n) is 22.1. The number of allylic oxidation sites excluding steroid dienone is 8. The molecule has 0 fully saturated rings. The van der Waals surface area contributed by atoms with Crippen LogP contribution in [0.5, 0.6) is 0 Å². The molecule has 3 heteroatoms. The van der Waals surface area contributed by atoms with Crippen LogP contribution in [0.15, 0.2) is 48.6 Å². The summed E-state index contributed by atoms with van der Waals surface area (Å²) < 4.78 is 0. The van der Waals surface area contributed by atoms with Crippen molar-refractivity contribution in [3.8, 4) is 0 Å². The molecule has 0 aromatic carbocycles. The predicted octanol–water partition coefficient (Wildman–Crippen LogP) is 23.4. The number of amides is 1. The van der Waals surface area contributed by atoms with Gasteiger partial charge in [-0.05, 0) is 116 Å². The molecule has 0 aromatic heterocycles. The van der Waals surface area contributed by atoms with E-state index in [0.717, 1.165) is 25.2 Å². The summed E-state index contributed by atoms with van der Waals surface area (Å²) in [6, 6.07) is 0. The van der Waals surface area contributed by atoms with Gasteiger partial charge in [0.15, 0.2) is 0 Å². The van der Waals surface area contributed by atoms with Gasteiger partial charge in [-0.15, -0.1) is 0 Å². The number of carbonyl (C=O) groups excluding carboxylic acids is 1. The van der Waals surface area contributed by atoms with E-state index in [1.807, 2.05) is 14.1 Å². The molecule has 0 aliphatic carbocycles. The van der Waals surface area contributed by atoms with E-state index in [4.69, 9.17) is 0 Å². The van der Waals surface area contributed by atoms with E-state index >= 15 is 0 Å². The van der Waals surface area contributed by atoms with E-state index in [1.54, 1.807) is 4.90 Å². The lowest BCUT2D eigenvalue weighted by Gasteiger charge is -2.19. The monoisotopic (exact) mass is 997 g/mol. The van der Waals surface area contributed by atoms with Gasteiger partial charge >= 0.3 is 0 Å². The molecule has 0 saturated heterocycles. The summed E-state index contributed by atoms with van der Waals surface area (Å²) in [7, 11) is 8.26. The minimum absolute atomic E-state index is 0. The van der Waals surface area contributed by atoms with Gasteiger partial charge in [0.05, 0.1) is 0 Å². The number of carbonyl (C=O) groups is 1. The molecule has 424 valence electrons. The smallest absolute Gasteiger partial charge is 0.222 e. The Morgan fingerprint density at radius 1 is 0.324 bits per heavy atom. The SMILES string of the molecule is C.C.CCCCC/C=C\C/C=C\CCCCCCCCCC(CCCCCCCCC)CC(=O)N(C)C.CCCCC/C=C\C/C=C\CCCCCCCCCC(CCCCCCCCC)CCN(C)C. The largest absolute Gasteiger partial charge is 0.349 e. The van der Waals surface area contributed by atoms with Crippen LogP contribution >= 0.6 is 0 Å². The fourth-order valence-corrected chi connectivity index (χ4v) is 9.63. The lowest BCUT2D eigenvalue weighted by atomic mass is 9.91. The van der Waals surface area contributed by atoms with Crippen molar-refractivity contribution in [3.63, 3.8) is 0 Å². The van der Waals surface area contributed by atoms with Crippen LogP contribution in [0.1, 0.15) is 338 Å².